The molecule has 1 aromatic heterocycles. The first-order chi connectivity index (χ1) is 9.32. The van der Waals surface area contributed by atoms with Crippen molar-refractivity contribution in [2.75, 3.05) is 23.9 Å². The zero-order chi connectivity index (χ0) is 15.3. The van der Waals surface area contributed by atoms with Crippen molar-refractivity contribution in [3.63, 3.8) is 0 Å². The number of rotatable bonds is 8. The lowest BCUT2D eigenvalue weighted by Crippen LogP contribution is -2.36. The Hall–Kier alpha value is -1.28. The Balaban J connectivity index is 2.99. The summed E-state index contributed by atoms with van der Waals surface area (Å²) in [6.45, 7) is 6.15. The van der Waals surface area contributed by atoms with Gasteiger partial charge in [0.05, 0.1) is 10.5 Å². The molecule has 0 aromatic carbocycles. The molecule has 1 atom stereocenters. The third kappa shape index (κ3) is 4.11. The summed E-state index contributed by atoms with van der Waals surface area (Å²) in [5, 5.41) is 28.5. The molecule has 20 heavy (non-hydrogen) atoms. The summed E-state index contributed by atoms with van der Waals surface area (Å²) in [5.74, 6) is 0.921. The number of aliphatic hydroxyl groups is 1. The molecule has 7 nitrogen and oxygen atoms in total. The average molecular weight is 302 g/mol. The fourth-order valence-electron chi connectivity index (χ4n) is 1.98. The average Bonchev–Trinajstić information content (AvgIpc) is 2.63. The van der Waals surface area contributed by atoms with Gasteiger partial charge in [0.1, 0.15) is 5.69 Å². The second-order valence-electron chi connectivity index (χ2n) is 5.05. The molecule has 114 valence electrons. The number of anilines is 1. The van der Waals surface area contributed by atoms with E-state index in [0.717, 1.165) is 6.42 Å². The Bertz CT molecular complexity index is 474. The van der Waals surface area contributed by atoms with E-state index in [2.05, 4.69) is 10.4 Å². The molecular weight excluding hydrogens is 280 g/mol. The van der Waals surface area contributed by atoms with Gasteiger partial charge in [0.2, 0.25) is 5.82 Å². The minimum Gasteiger partial charge on any atom is -0.387 e. The Morgan fingerprint density at radius 3 is 2.75 bits per heavy atom. The van der Waals surface area contributed by atoms with E-state index in [4.69, 9.17) is 0 Å². The quantitative estimate of drug-likeness (QED) is 0.564. The third-order valence-electron chi connectivity index (χ3n) is 2.81. The standard InChI is InChI=1S/C12H22N4O3S/c1-5-6-15-11(10(16(18)19)9(2)14-15)13-7-12(3,17)8-20-4/h13,17H,5-8H2,1-4H3. The predicted octanol–water partition coefficient (Wildman–Crippen LogP) is 2.04. The molecule has 0 aliphatic carbocycles. The molecule has 0 amide bonds. The summed E-state index contributed by atoms with van der Waals surface area (Å²) < 4.78 is 1.60. The molecule has 2 N–H and O–H groups in total. The fourth-order valence-corrected chi connectivity index (χ4v) is 2.70. The molecule has 1 aromatic rings. The van der Waals surface area contributed by atoms with Crippen molar-refractivity contribution in [2.45, 2.75) is 39.3 Å². The number of thioether (sulfide) groups is 1. The predicted molar refractivity (Wildman–Crippen MR) is 81.4 cm³/mol. The SMILES string of the molecule is CCCn1nc(C)c([N+](=O)[O-])c1NCC(C)(O)CSC. The highest BCUT2D eigenvalue weighted by atomic mass is 32.2. The second-order valence-corrected chi connectivity index (χ2v) is 5.91. The van der Waals surface area contributed by atoms with Crippen LogP contribution in [0, 0.1) is 17.0 Å². The summed E-state index contributed by atoms with van der Waals surface area (Å²) in [4.78, 5) is 10.7. The van der Waals surface area contributed by atoms with Gasteiger partial charge in [0, 0.05) is 18.8 Å². The van der Waals surface area contributed by atoms with Crippen LogP contribution in [-0.2, 0) is 6.54 Å². The van der Waals surface area contributed by atoms with E-state index < -0.39 is 10.5 Å². The summed E-state index contributed by atoms with van der Waals surface area (Å²) in [5.41, 5.74) is -0.559. The fraction of sp³-hybridized carbons (Fsp3) is 0.750. The molecule has 0 spiro atoms. The summed E-state index contributed by atoms with van der Waals surface area (Å²) in [7, 11) is 0. The van der Waals surface area contributed by atoms with Gasteiger partial charge in [-0.15, -0.1) is 0 Å². The number of hydrogen-bond acceptors (Lipinski definition) is 6. The van der Waals surface area contributed by atoms with Crippen LogP contribution in [0.4, 0.5) is 11.5 Å². The van der Waals surface area contributed by atoms with E-state index in [1.165, 1.54) is 11.8 Å². The number of nitrogens with zero attached hydrogens (tertiary/aromatic N) is 3. The van der Waals surface area contributed by atoms with Crippen LogP contribution in [0.3, 0.4) is 0 Å². The van der Waals surface area contributed by atoms with E-state index in [-0.39, 0.29) is 12.2 Å². The van der Waals surface area contributed by atoms with E-state index in [1.54, 1.807) is 18.5 Å². The zero-order valence-electron chi connectivity index (χ0n) is 12.3. The van der Waals surface area contributed by atoms with Gasteiger partial charge in [-0.2, -0.15) is 16.9 Å². The Morgan fingerprint density at radius 2 is 2.25 bits per heavy atom. The first kappa shape index (κ1) is 16.8. The maximum absolute atomic E-state index is 11.2. The van der Waals surface area contributed by atoms with Crippen molar-refractivity contribution in [3.8, 4) is 0 Å². The lowest BCUT2D eigenvalue weighted by molar-refractivity contribution is -0.384. The lowest BCUT2D eigenvalue weighted by Gasteiger charge is -2.23. The molecule has 0 aliphatic rings. The molecule has 1 rings (SSSR count). The molecule has 1 heterocycles. The zero-order valence-corrected chi connectivity index (χ0v) is 13.2. The second kappa shape index (κ2) is 6.94. The van der Waals surface area contributed by atoms with Crippen LogP contribution < -0.4 is 5.32 Å². The van der Waals surface area contributed by atoms with Crippen molar-refractivity contribution < 1.29 is 10.0 Å². The summed E-state index contributed by atoms with van der Waals surface area (Å²) in [6.07, 6.45) is 2.73. The highest BCUT2D eigenvalue weighted by Crippen LogP contribution is 2.29. The van der Waals surface area contributed by atoms with Crippen LogP contribution >= 0.6 is 11.8 Å². The van der Waals surface area contributed by atoms with Crippen LogP contribution in [0.25, 0.3) is 0 Å². The van der Waals surface area contributed by atoms with Gasteiger partial charge < -0.3 is 10.4 Å². The molecule has 0 saturated carbocycles. The van der Waals surface area contributed by atoms with E-state index in [1.807, 2.05) is 13.2 Å². The van der Waals surface area contributed by atoms with Crippen LogP contribution in [0.5, 0.6) is 0 Å². The van der Waals surface area contributed by atoms with E-state index >= 15 is 0 Å². The van der Waals surface area contributed by atoms with Crippen LogP contribution in [0.2, 0.25) is 0 Å². The molecule has 1 unspecified atom stereocenters. The Labute approximate surface area is 122 Å². The van der Waals surface area contributed by atoms with Gasteiger partial charge in [0.15, 0.2) is 0 Å². The maximum Gasteiger partial charge on any atom is 0.333 e. The Morgan fingerprint density at radius 1 is 1.60 bits per heavy atom. The van der Waals surface area contributed by atoms with E-state index in [9.17, 15) is 15.2 Å². The highest BCUT2D eigenvalue weighted by Gasteiger charge is 2.27. The van der Waals surface area contributed by atoms with Crippen molar-refractivity contribution in [1.82, 2.24) is 9.78 Å². The largest absolute Gasteiger partial charge is 0.387 e. The maximum atomic E-state index is 11.2. The molecule has 0 radical (unpaired) electrons. The number of aromatic nitrogens is 2. The molecule has 0 fully saturated rings. The lowest BCUT2D eigenvalue weighted by atomic mass is 10.1. The van der Waals surface area contributed by atoms with Crippen LogP contribution in [0.15, 0.2) is 0 Å². The smallest absolute Gasteiger partial charge is 0.333 e. The first-order valence-corrected chi connectivity index (χ1v) is 7.88. The molecule has 0 saturated heterocycles. The monoisotopic (exact) mass is 302 g/mol. The van der Waals surface area contributed by atoms with Gasteiger partial charge in [-0.3, -0.25) is 10.1 Å². The minimum absolute atomic E-state index is 0.0154. The minimum atomic E-state index is -0.928. The molecule has 0 aliphatic heterocycles. The van der Waals surface area contributed by atoms with Gasteiger partial charge >= 0.3 is 5.69 Å². The van der Waals surface area contributed by atoms with E-state index in [0.29, 0.717) is 23.8 Å². The topological polar surface area (TPSA) is 93.2 Å². The number of nitrogens with one attached hydrogen (secondary N) is 1. The van der Waals surface area contributed by atoms with Gasteiger partial charge in [-0.1, -0.05) is 6.92 Å². The first-order valence-electron chi connectivity index (χ1n) is 6.49. The third-order valence-corrected chi connectivity index (χ3v) is 3.72. The molecule has 0 bridgehead atoms. The van der Waals surface area contributed by atoms with Crippen molar-refractivity contribution in [3.05, 3.63) is 15.8 Å². The van der Waals surface area contributed by atoms with Crippen LogP contribution in [-0.4, -0.2) is 44.0 Å². The van der Waals surface area contributed by atoms with Crippen molar-refractivity contribution in [2.24, 2.45) is 0 Å². The van der Waals surface area contributed by atoms with Crippen molar-refractivity contribution in [1.29, 1.82) is 0 Å². The molecule has 8 heteroatoms. The molecular formula is C12H22N4O3S. The Kier molecular flexibility index (Phi) is 5.82. The highest BCUT2D eigenvalue weighted by molar-refractivity contribution is 7.98. The van der Waals surface area contributed by atoms with Gasteiger partial charge in [-0.05, 0) is 26.5 Å². The number of hydrogen-bond donors (Lipinski definition) is 2. The van der Waals surface area contributed by atoms with Crippen LogP contribution in [0.1, 0.15) is 26.0 Å². The normalized spacial score (nSPS) is 14.1. The summed E-state index contributed by atoms with van der Waals surface area (Å²) in [6, 6.07) is 0. The van der Waals surface area contributed by atoms with Gasteiger partial charge in [-0.25, -0.2) is 4.68 Å². The van der Waals surface area contributed by atoms with Gasteiger partial charge in [0.25, 0.3) is 0 Å². The number of nitro groups is 1. The number of aryl methyl sites for hydroxylation is 2. The summed E-state index contributed by atoms with van der Waals surface area (Å²) >= 11 is 1.53. The van der Waals surface area contributed by atoms with Crippen molar-refractivity contribution >= 4 is 23.3 Å².